The number of rotatable bonds is 5. The van der Waals surface area contributed by atoms with Crippen LogP contribution in [0.4, 0.5) is 5.69 Å². The first kappa shape index (κ1) is 14.4. The molecule has 4 heteroatoms. The maximum absolute atomic E-state index is 5.45. The first-order chi connectivity index (χ1) is 9.52. The molecule has 0 atom stereocenters. The van der Waals surface area contributed by atoms with E-state index in [0.717, 1.165) is 29.1 Å². The monoisotopic (exact) mass is 273 g/mol. The number of aryl methyl sites for hydroxylation is 1. The highest BCUT2D eigenvalue weighted by molar-refractivity contribution is 5.59. The van der Waals surface area contributed by atoms with E-state index in [1.54, 1.807) is 7.11 Å². The van der Waals surface area contributed by atoms with Crippen LogP contribution in [-0.2, 0) is 6.54 Å². The van der Waals surface area contributed by atoms with Gasteiger partial charge in [0.2, 0.25) is 0 Å². The second-order valence-electron chi connectivity index (χ2n) is 5.36. The Morgan fingerprint density at radius 3 is 2.65 bits per heavy atom. The van der Waals surface area contributed by atoms with Gasteiger partial charge in [0.25, 0.3) is 0 Å². The van der Waals surface area contributed by atoms with E-state index in [9.17, 15) is 0 Å². The molecule has 1 N–H and O–H groups in total. The molecule has 20 heavy (non-hydrogen) atoms. The standard InChI is InChI=1S/C16H23N3O/c1-11(2)19-10-14(9-18-19)8-17-15-7-6-12(3)16(20-5)13(15)4/h6-7,9-11,17H,8H2,1-5H3. The minimum atomic E-state index is 0.393. The van der Waals surface area contributed by atoms with E-state index in [2.05, 4.69) is 56.4 Å². The quantitative estimate of drug-likeness (QED) is 0.902. The topological polar surface area (TPSA) is 39.1 Å². The Morgan fingerprint density at radius 1 is 1.30 bits per heavy atom. The predicted octanol–water partition coefficient (Wildman–Crippen LogP) is 3.70. The Balaban J connectivity index is 2.10. The van der Waals surface area contributed by atoms with Gasteiger partial charge in [-0.15, -0.1) is 0 Å². The SMILES string of the molecule is COc1c(C)ccc(NCc2cnn(C(C)C)c2)c1C. The lowest BCUT2D eigenvalue weighted by Gasteiger charge is -2.14. The van der Waals surface area contributed by atoms with Crippen molar-refractivity contribution in [2.75, 3.05) is 12.4 Å². The van der Waals surface area contributed by atoms with Gasteiger partial charge in [-0.05, 0) is 39.3 Å². The second-order valence-corrected chi connectivity index (χ2v) is 5.36. The lowest BCUT2D eigenvalue weighted by molar-refractivity contribution is 0.409. The molecule has 1 aromatic heterocycles. The fraction of sp³-hybridized carbons (Fsp3) is 0.438. The molecular weight excluding hydrogens is 250 g/mol. The molecule has 0 unspecified atom stereocenters. The average Bonchev–Trinajstić information content (AvgIpc) is 2.87. The summed E-state index contributed by atoms with van der Waals surface area (Å²) >= 11 is 0. The third kappa shape index (κ3) is 2.95. The lowest BCUT2D eigenvalue weighted by atomic mass is 10.1. The molecule has 2 rings (SSSR count). The average molecular weight is 273 g/mol. The van der Waals surface area contributed by atoms with Crippen LogP contribution in [0.25, 0.3) is 0 Å². The minimum Gasteiger partial charge on any atom is -0.496 e. The highest BCUT2D eigenvalue weighted by atomic mass is 16.5. The van der Waals surface area contributed by atoms with Gasteiger partial charge in [0.15, 0.2) is 0 Å². The Hall–Kier alpha value is -1.97. The minimum absolute atomic E-state index is 0.393. The lowest BCUT2D eigenvalue weighted by Crippen LogP contribution is -2.03. The van der Waals surface area contributed by atoms with Gasteiger partial charge >= 0.3 is 0 Å². The van der Waals surface area contributed by atoms with Crippen molar-refractivity contribution in [1.82, 2.24) is 9.78 Å². The van der Waals surface area contributed by atoms with Crippen LogP contribution in [0.15, 0.2) is 24.5 Å². The Bertz CT molecular complexity index is 587. The van der Waals surface area contributed by atoms with Crippen molar-refractivity contribution in [2.24, 2.45) is 0 Å². The third-order valence-corrected chi connectivity index (χ3v) is 3.47. The molecule has 2 aromatic rings. The van der Waals surface area contributed by atoms with Crippen LogP contribution in [0, 0.1) is 13.8 Å². The molecule has 0 aliphatic carbocycles. The summed E-state index contributed by atoms with van der Waals surface area (Å²) in [5.41, 5.74) is 4.58. The van der Waals surface area contributed by atoms with E-state index in [4.69, 9.17) is 4.74 Å². The molecule has 4 nitrogen and oxygen atoms in total. The van der Waals surface area contributed by atoms with E-state index in [1.165, 1.54) is 5.56 Å². The summed E-state index contributed by atoms with van der Waals surface area (Å²) < 4.78 is 7.42. The Morgan fingerprint density at radius 2 is 2.05 bits per heavy atom. The van der Waals surface area contributed by atoms with Crippen LogP contribution in [0.3, 0.4) is 0 Å². The van der Waals surface area contributed by atoms with Gasteiger partial charge in [-0.1, -0.05) is 6.07 Å². The van der Waals surface area contributed by atoms with Crippen LogP contribution in [-0.4, -0.2) is 16.9 Å². The van der Waals surface area contributed by atoms with Crippen molar-refractivity contribution < 1.29 is 4.74 Å². The van der Waals surface area contributed by atoms with Crippen LogP contribution in [0.5, 0.6) is 5.75 Å². The second kappa shape index (κ2) is 5.99. The molecule has 0 saturated carbocycles. The molecule has 0 bridgehead atoms. The fourth-order valence-electron chi connectivity index (χ4n) is 2.28. The number of anilines is 1. The maximum Gasteiger partial charge on any atom is 0.126 e. The van der Waals surface area contributed by atoms with E-state index < -0.39 is 0 Å². The Kier molecular flexibility index (Phi) is 4.32. The zero-order valence-corrected chi connectivity index (χ0v) is 12.9. The molecular formula is C16H23N3O. The smallest absolute Gasteiger partial charge is 0.126 e. The molecule has 0 amide bonds. The maximum atomic E-state index is 5.45. The number of benzene rings is 1. The molecule has 0 fully saturated rings. The third-order valence-electron chi connectivity index (χ3n) is 3.47. The number of hydrogen-bond donors (Lipinski definition) is 1. The van der Waals surface area contributed by atoms with Crippen molar-refractivity contribution in [1.29, 1.82) is 0 Å². The van der Waals surface area contributed by atoms with Gasteiger partial charge in [0.1, 0.15) is 5.75 Å². The van der Waals surface area contributed by atoms with Gasteiger partial charge in [-0.2, -0.15) is 5.10 Å². The fourth-order valence-corrected chi connectivity index (χ4v) is 2.28. The Labute approximate surface area is 120 Å². The largest absolute Gasteiger partial charge is 0.496 e. The number of aromatic nitrogens is 2. The van der Waals surface area contributed by atoms with Crippen molar-refractivity contribution in [2.45, 2.75) is 40.3 Å². The van der Waals surface area contributed by atoms with E-state index >= 15 is 0 Å². The zero-order chi connectivity index (χ0) is 14.7. The van der Waals surface area contributed by atoms with Gasteiger partial charge in [-0.3, -0.25) is 4.68 Å². The van der Waals surface area contributed by atoms with Crippen LogP contribution >= 0.6 is 0 Å². The summed E-state index contributed by atoms with van der Waals surface area (Å²) in [6, 6.07) is 4.57. The number of nitrogens with one attached hydrogen (secondary N) is 1. The molecule has 1 aromatic carbocycles. The zero-order valence-electron chi connectivity index (χ0n) is 12.9. The first-order valence-electron chi connectivity index (χ1n) is 6.94. The molecule has 1 heterocycles. The van der Waals surface area contributed by atoms with Crippen LogP contribution in [0.2, 0.25) is 0 Å². The molecule has 0 aliphatic rings. The predicted molar refractivity (Wildman–Crippen MR) is 82.4 cm³/mol. The summed E-state index contributed by atoms with van der Waals surface area (Å²) in [6.07, 6.45) is 3.99. The van der Waals surface area contributed by atoms with Crippen molar-refractivity contribution in [3.63, 3.8) is 0 Å². The molecule has 0 aliphatic heterocycles. The summed E-state index contributed by atoms with van der Waals surface area (Å²) in [5, 5.41) is 7.80. The van der Waals surface area contributed by atoms with Crippen molar-refractivity contribution >= 4 is 5.69 Å². The molecule has 0 saturated heterocycles. The molecule has 108 valence electrons. The van der Waals surface area contributed by atoms with E-state index in [-0.39, 0.29) is 0 Å². The summed E-state index contributed by atoms with van der Waals surface area (Å²) in [7, 11) is 1.71. The summed E-state index contributed by atoms with van der Waals surface area (Å²) in [4.78, 5) is 0. The number of methoxy groups -OCH3 is 1. The molecule has 0 spiro atoms. The number of nitrogens with zero attached hydrogens (tertiary/aromatic N) is 2. The normalized spacial score (nSPS) is 10.9. The van der Waals surface area contributed by atoms with Crippen LogP contribution in [0.1, 0.15) is 36.6 Å². The molecule has 0 radical (unpaired) electrons. The number of ether oxygens (including phenoxy) is 1. The van der Waals surface area contributed by atoms with E-state index in [0.29, 0.717) is 6.04 Å². The first-order valence-corrected chi connectivity index (χ1v) is 6.94. The highest BCUT2D eigenvalue weighted by Gasteiger charge is 2.08. The van der Waals surface area contributed by atoms with Crippen LogP contribution < -0.4 is 10.1 Å². The highest BCUT2D eigenvalue weighted by Crippen LogP contribution is 2.29. The number of hydrogen-bond acceptors (Lipinski definition) is 3. The van der Waals surface area contributed by atoms with Gasteiger partial charge in [0.05, 0.1) is 13.3 Å². The summed E-state index contributed by atoms with van der Waals surface area (Å²) in [5.74, 6) is 0.952. The van der Waals surface area contributed by atoms with Crippen molar-refractivity contribution in [3.8, 4) is 5.75 Å². The summed E-state index contributed by atoms with van der Waals surface area (Å²) in [6.45, 7) is 9.14. The van der Waals surface area contributed by atoms with Crippen molar-refractivity contribution in [3.05, 3.63) is 41.2 Å². The van der Waals surface area contributed by atoms with Gasteiger partial charge in [0, 0.05) is 35.6 Å². The van der Waals surface area contributed by atoms with Gasteiger partial charge < -0.3 is 10.1 Å². The van der Waals surface area contributed by atoms with E-state index in [1.807, 2.05) is 10.9 Å². The van der Waals surface area contributed by atoms with Gasteiger partial charge in [-0.25, -0.2) is 0 Å².